The van der Waals surface area contributed by atoms with Gasteiger partial charge in [0.25, 0.3) is 0 Å². The number of amidine groups is 1. The predicted octanol–water partition coefficient (Wildman–Crippen LogP) is 2.81. The van der Waals surface area contributed by atoms with Crippen molar-refractivity contribution >= 4 is 33.7 Å². The number of oxazole rings is 1. The van der Waals surface area contributed by atoms with E-state index in [2.05, 4.69) is 15.3 Å². The Bertz CT molecular complexity index is 627. The molecule has 6 heteroatoms. The van der Waals surface area contributed by atoms with Gasteiger partial charge in [-0.05, 0) is 18.4 Å². The van der Waals surface area contributed by atoms with Crippen molar-refractivity contribution in [2.75, 3.05) is 6.26 Å². The molecule has 1 aromatic carbocycles. The van der Waals surface area contributed by atoms with Gasteiger partial charge >= 0.3 is 0 Å². The Morgan fingerprint density at radius 1 is 1.61 bits per heavy atom. The number of fused-ring (bicyclic) bond motifs is 1. The summed E-state index contributed by atoms with van der Waals surface area (Å²) in [5.74, 6) is 0.687. The van der Waals surface area contributed by atoms with E-state index in [1.807, 2.05) is 37.6 Å². The molecule has 2 rings (SSSR count). The zero-order chi connectivity index (χ0) is 13.0. The molecule has 1 heterocycles. The molecule has 0 radical (unpaired) electrons. The van der Waals surface area contributed by atoms with Gasteiger partial charge in [-0.1, -0.05) is 24.8 Å². The first-order valence-electron chi connectivity index (χ1n) is 5.44. The number of aromatic nitrogens is 1. The lowest BCUT2D eigenvalue weighted by molar-refractivity contribution is 0.538. The van der Waals surface area contributed by atoms with Crippen LogP contribution < -0.4 is 5.32 Å². The molecule has 0 atom stereocenters. The SMILES string of the molecule is CCc1nc2c(N=C(NC#N)SC)cccc2o1. The smallest absolute Gasteiger partial charge is 0.195 e. The maximum Gasteiger partial charge on any atom is 0.195 e. The summed E-state index contributed by atoms with van der Waals surface area (Å²) in [6.45, 7) is 1.98. The highest BCUT2D eigenvalue weighted by Crippen LogP contribution is 2.26. The highest BCUT2D eigenvalue weighted by Gasteiger charge is 2.08. The molecule has 0 unspecified atom stereocenters. The Labute approximate surface area is 109 Å². The molecular formula is C12H12N4OS. The summed E-state index contributed by atoms with van der Waals surface area (Å²) < 4.78 is 5.56. The van der Waals surface area contributed by atoms with Crippen LogP contribution in [0.4, 0.5) is 5.69 Å². The Balaban J connectivity index is 2.50. The first-order chi connectivity index (χ1) is 8.78. The number of rotatable bonds is 2. The van der Waals surface area contributed by atoms with Crippen LogP contribution in [-0.4, -0.2) is 16.4 Å². The number of aryl methyl sites for hydroxylation is 1. The van der Waals surface area contributed by atoms with E-state index < -0.39 is 0 Å². The van der Waals surface area contributed by atoms with Gasteiger partial charge in [0.1, 0.15) is 5.52 Å². The van der Waals surface area contributed by atoms with Crippen LogP contribution in [0.1, 0.15) is 12.8 Å². The molecule has 18 heavy (non-hydrogen) atoms. The lowest BCUT2D eigenvalue weighted by Gasteiger charge is -1.99. The summed E-state index contributed by atoms with van der Waals surface area (Å²) in [7, 11) is 0. The van der Waals surface area contributed by atoms with E-state index in [-0.39, 0.29) is 0 Å². The predicted molar refractivity (Wildman–Crippen MR) is 72.7 cm³/mol. The molecule has 0 fully saturated rings. The van der Waals surface area contributed by atoms with Crippen LogP contribution in [0.2, 0.25) is 0 Å². The first-order valence-corrected chi connectivity index (χ1v) is 6.67. The lowest BCUT2D eigenvalue weighted by Crippen LogP contribution is -2.12. The molecule has 0 aliphatic heterocycles. The highest BCUT2D eigenvalue weighted by molar-refractivity contribution is 8.13. The summed E-state index contributed by atoms with van der Waals surface area (Å²) in [5, 5.41) is 11.7. The number of hydrogen-bond donors (Lipinski definition) is 1. The molecule has 2 aromatic rings. The van der Waals surface area contributed by atoms with Gasteiger partial charge in [0.05, 0.1) is 5.69 Å². The fourth-order valence-electron chi connectivity index (χ4n) is 1.50. The molecule has 0 aliphatic rings. The van der Waals surface area contributed by atoms with Crippen LogP contribution in [0, 0.1) is 11.5 Å². The van der Waals surface area contributed by atoms with Crippen LogP contribution in [-0.2, 0) is 6.42 Å². The van der Waals surface area contributed by atoms with Gasteiger partial charge in [0.2, 0.25) is 0 Å². The van der Waals surface area contributed by atoms with Crippen LogP contribution in [0.15, 0.2) is 27.6 Å². The van der Waals surface area contributed by atoms with Gasteiger partial charge < -0.3 is 4.42 Å². The van der Waals surface area contributed by atoms with Crippen LogP contribution in [0.5, 0.6) is 0 Å². The van der Waals surface area contributed by atoms with Crippen molar-refractivity contribution in [3.63, 3.8) is 0 Å². The second-order valence-electron chi connectivity index (χ2n) is 3.44. The summed E-state index contributed by atoms with van der Waals surface area (Å²) in [6.07, 6.45) is 4.45. The largest absolute Gasteiger partial charge is 0.441 e. The average Bonchev–Trinajstić information content (AvgIpc) is 2.82. The maximum atomic E-state index is 8.61. The second kappa shape index (κ2) is 5.56. The van der Waals surface area contributed by atoms with E-state index in [0.29, 0.717) is 22.3 Å². The fourth-order valence-corrected chi connectivity index (χ4v) is 1.84. The quantitative estimate of drug-likeness (QED) is 0.389. The first kappa shape index (κ1) is 12.5. The van der Waals surface area contributed by atoms with E-state index in [0.717, 1.165) is 11.9 Å². The van der Waals surface area contributed by atoms with Crippen LogP contribution in [0.3, 0.4) is 0 Å². The van der Waals surface area contributed by atoms with Crippen molar-refractivity contribution in [3.8, 4) is 6.19 Å². The number of thioether (sulfide) groups is 1. The number of para-hydroxylation sites is 1. The minimum absolute atomic E-state index is 0.533. The summed E-state index contributed by atoms with van der Waals surface area (Å²) in [4.78, 5) is 8.75. The number of benzene rings is 1. The number of hydrogen-bond acceptors (Lipinski definition) is 5. The zero-order valence-electron chi connectivity index (χ0n) is 10.1. The lowest BCUT2D eigenvalue weighted by atomic mass is 10.3. The van der Waals surface area contributed by atoms with E-state index in [1.165, 1.54) is 11.8 Å². The van der Waals surface area contributed by atoms with Gasteiger partial charge in [-0.25, -0.2) is 9.98 Å². The molecule has 5 nitrogen and oxygen atoms in total. The van der Waals surface area contributed by atoms with Gasteiger partial charge in [0.15, 0.2) is 22.8 Å². The van der Waals surface area contributed by atoms with Crippen molar-refractivity contribution in [1.29, 1.82) is 5.26 Å². The van der Waals surface area contributed by atoms with Gasteiger partial charge in [-0.15, -0.1) is 0 Å². The Morgan fingerprint density at radius 3 is 3.11 bits per heavy atom. The molecule has 0 spiro atoms. The molecule has 0 saturated carbocycles. The molecule has 0 bridgehead atoms. The van der Waals surface area contributed by atoms with E-state index in [4.69, 9.17) is 9.68 Å². The minimum atomic E-state index is 0.533. The molecular weight excluding hydrogens is 248 g/mol. The van der Waals surface area contributed by atoms with E-state index in [9.17, 15) is 0 Å². The van der Waals surface area contributed by atoms with Crippen LogP contribution >= 0.6 is 11.8 Å². The molecule has 0 amide bonds. The van der Waals surface area contributed by atoms with Crippen molar-refractivity contribution in [2.24, 2.45) is 4.99 Å². The fraction of sp³-hybridized carbons (Fsp3) is 0.250. The van der Waals surface area contributed by atoms with Crippen molar-refractivity contribution < 1.29 is 4.42 Å². The number of nitrogens with zero attached hydrogens (tertiary/aromatic N) is 3. The third-order valence-electron chi connectivity index (χ3n) is 2.32. The van der Waals surface area contributed by atoms with E-state index in [1.54, 1.807) is 0 Å². The zero-order valence-corrected chi connectivity index (χ0v) is 10.9. The van der Waals surface area contributed by atoms with Crippen molar-refractivity contribution in [1.82, 2.24) is 10.3 Å². The van der Waals surface area contributed by atoms with Gasteiger partial charge in [-0.3, -0.25) is 5.32 Å². The molecule has 1 aromatic heterocycles. The molecule has 0 saturated heterocycles. The third kappa shape index (κ3) is 2.46. The third-order valence-corrected chi connectivity index (χ3v) is 2.90. The van der Waals surface area contributed by atoms with Crippen molar-refractivity contribution in [2.45, 2.75) is 13.3 Å². The highest BCUT2D eigenvalue weighted by atomic mass is 32.2. The topological polar surface area (TPSA) is 74.2 Å². The number of nitriles is 1. The average molecular weight is 260 g/mol. The van der Waals surface area contributed by atoms with Gasteiger partial charge in [0, 0.05) is 6.42 Å². The second-order valence-corrected chi connectivity index (χ2v) is 4.24. The minimum Gasteiger partial charge on any atom is -0.441 e. The summed E-state index contributed by atoms with van der Waals surface area (Å²) >= 11 is 1.37. The van der Waals surface area contributed by atoms with E-state index >= 15 is 0 Å². The monoisotopic (exact) mass is 260 g/mol. The molecule has 92 valence electrons. The standard InChI is InChI=1S/C12H12N4OS/c1-3-10-16-11-8(5-4-6-9(11)17-10)15-12(18-2)14-7-13/h4-6H,3H2,1-2H3,(H,14,15). The summed E-state index contributed by atoms with van der Waals surface area (Å²) in [6, 6.07) is 5.56. The van der Waals surface area contributed by atoms with Crippen LogP contribution in [0.25, 0.3) is 11.1 Å². The maximum absolute atomic E-state index is 8.61. The molecule has 0 aliphatic carbocycles. The van der Waals surface area contributed by atoms with Gasteiger partial charge in [-0.2, -0.15) is 5.26 Å². The number of aliphatic imine (C=N–C) groups is 1. The summed E-state index contributed by atoms with van der Waals surface area (Å²) in [5.41, 5.74) is 2.13. The Kier molecular flexibility index (Phi) is 3.85. The Morgan fingerprint density at radius 2 is 2.44 bits per heavy atom. The van der Waals surface area contributed by atoms with Crippen molar-refractivity contribution in [3.05, 3.63) is 24.1 Å². The molecule has 1 N–H and O–H groups in total. The Hall–Kier alpha value is -2.00. The number of nitrogens with one attached hydrogen (secondary N) is 1. The normalized spacial score (nSPS) is 11.5.